The first kappa shape index (κ1) is 15.5. The zero-order valence-corrected chi connectivity index (χ0v) is 14.0. The first-order chi connectivity index (χ1) is 9.26. The Morgan fingerprint density at radius 2 is 1.60 bits per heavy atom. The first-order valence-electron chi connectivity index (χ1n) is 7.36. The van der Waals surface area contributed by atoms with Gasteiger partial charge in [-0.15, -0.1) is 0 Å². The van der Waals surface area contributed by atoms with Gasteiger partial charge in [0.25, 0.3) is 0 Å². The number of hydrogen-bond donors (Lipinski definition) is 0. The van der Waals surface area contributed by atoms with Crippen LogP contribution in [0.25, 0.3) is 0 Å². The third kappa shape index (κ3) is 2.51. The Labute approximate surface area is 123 Å². The van der Waals surface area contributed by atoms with E-state index in [1.54, 1.807) is 4.31 Å². The summed E-state index contributed by atoms with van der Waals surface area (Å²) in [5.41, 5.74) is 3.89. The van der Waals surface area contributed by atoms with Gasteiger partial charge in [-0.2, -0.15) is 4.31 Å². The number of hydrogen-bond acceptors (Lipinski definition) is 2. The molecule has 0 aliphatic carbocycles. The fourth-order valence-electron chi connectivity index (χ4n) is 3.11. The summed E-state index contributed by atoms with van der Waals surface area (Å²) < 4.78 is 27.8. The molecule has 1 fully saturated rings. The highest BCUT2D eigenvalue weighted by Crippen LogP contribution is 2.31. The Morgan fingerprint density at radius 1 is 1.05 bits per heavy atom. The highest BCUT2D eigenvalue weighted by atomic mass is 32.2. The third-order valence-corrected chi connectivity index (χ3v) is 6.89. The van der Waals surface area contributed by atoms with Crippen molar-refractivity contribution in [2.24, 2.45) is 0 Å². The molecule has 0 saturated carbocycles. The molecule has 1 aromatic carbocycles. The van der Waals surface area contributed by atoms with E-state index in [0.29, 0.717) is 11.4 Å². The molecule has 1 saturated heterocycles. The van der Waals surface area contributed by atoms with Gasteiger partial charge >= 0.3 is 0 Å². The van der Waals surface area contributed by atoms with Gasteiger partial charge in [0.2, 0.25) is 10.0 Å². The molecule has 0 radical (unpaired) electrons. The SMILES string of the molecule is Cc1cc(C)c(C)c(S(=O)(=O)N2CCCCC2C)c1C. The highest BCUT2D eigenvalue weighted by Gasteiger charge is 2.33. The minimum absolute atomic E-state index is 0.105. The van der Waals surface area contributed by atoms with Crippen LogP contribution in [0.2, 0.25) is 0 Å². The van der Waals surface area contributed by atoms with Crippen LogP contribution in [0.4, 0.5) is 0 Å². The molecule has 3 nitrogen and oxygen atoms in total. The summed E-state index contributed by atoms with van der Waals surface area (Å²) in [6, 6.07) is 2.18. The second-order valence-corrected chi connectivity index (χ2v) is 7.88. The average Bonchev–Trinajstić information content (AvgIpc) is 2.36. The fraction of sp³-hybridized carbons (Fsp3) is 0.625. The Balaban J connectivity index is 2.60. The maximum absolute atomic E-state index is 13.1. The predicted molar refractivity (Wildman–Crippen MR) is 82.6 cm³/mol. The summed E-state index contributed by atoms with van der Waals surface area (Å²) in [5.74, 6) is 0. The van der Waals surface area contributed by atoms with Crippen molar-refractivity contribution in [3.05, 3.63) is 28.3 Å². The number of rotatable bonds is 2. The van der Waals surface area contributed by atoms with Gasteiger partial charge < -0.3 is 0 Å². The van der Waals surface area contributed by atoms with Crippen LogP contribution in [0.5, 0.6) is 0 Å². The molecule has 0 bridgehead atoms. The van der Waals surface area contributed by atoms with Crippen LogP contribution < -0.4 is 0 Å². The van der Waals surface area contributed by atoms with Crippen molar-refractivity contribution < 1.29 is 8.42 Å². The van der Waals surface area contributed by atoms with E-state index in [2.05, 4.69) is 6.07 Å². The normalized spacial score (nSPS) is 21.1. The van der Waals surface area contributed by atoms with E-state index in [1.165, 1.54) is 0 Å². The molecular weight excluding hydrogens is 270 g/mol. The molecular formula is C16H25NO2S. The van der Waals surface area contributed by atoms with Gasteiger partial charge in [-0.25, -0.2) is 8.42 Å². The molecule has 1 unspecified atom stereocenters. The summed E-state index contributed by atoms with van der Waals surface area (Å²) in [6.07, 6.45) is 3.05. The van der Waals surface area contributed by atoms with Crippen molar-refractivity contribution in [3.8, 4) is 0 Å². The van der Waals surface area contributed by atoms with E-state index in [0.717, 1.165) is 41.5 Å². The van der Waals surface area contributed by atoms with Crippen molar-refractivity contribution >= 4 is 10.0 Å². The molecule has 112 valence electrons. The van der Waals surface area contributed by atoms with Gasteiger partial charge in [0.15, 0.2) is 0 Å². The van der Waals surface area contributed by atoms with Gasteiger partial charge in [0, 0.05) is 12.6 Å². The van der Waals surface area contributed by atoms with Crippen molar-refractivity contribution in [1.82, 2.24) is 4.31 Å². The summed E-state index contributed by atoms with van der Waals surface area (Å²) in [6.45, 7) is 10.5. The maximum atomic E-state index is 13.1. The van der Waals surface area contributed by atoms with Crippen LogP contribution in [0, 0.1) is 27.7 Å². The van der Waals surface area contributed by atoms with Gasteiger partial charge in [0.1, 0.15) is 0 Å². The number of sulfonamides is 1. The maximum Gasteiger partial charge on any atom is 0.243 e. The minimum atomic E-state index is -3.38. The molecule has 20 heavy (non-hydrogen) atoms. The number of piperidine rings is 1. The molecule has 1 aliphatic heterocycles. The van der Waals surface area contributed by atoms with Crippen LogP contribution in [-0.4, -0.2) is 25.3 Å². The van der Waals surface area contributed by atoms with Crippen molar-refractivity contribution in [2.45, 2.75) is 64.8 Å². The van der Waals surface area contributed by atoms with E-state index in [4.69, 9.17) is 0 Å². The molecule has 1 aliphatic rings. The topological polar surface area (TPSA) is 37.4 Å². The average molecular weight is 295 g/mol. The molecule has 4 heteroatoms. The first-order valence-corrected chi connectivity index (χ1v) is 8.80. The van der Waals surface area contributed by atoms with Gasteiger partial charge in [-0.3, -0.25) is 0 Å². The van der Waals surface area contributed by atoms with E-state index in [9.17, 15) is 8.42 Å². The van der Waals surface area contributed by atoms with E-state index in [-0.39, 0.29) is 6.04 Å². The Kier molecular flexibility index (Phi) is 4.26. The fourth-order valence-corrected chi connectivity index (χ4v) is 5.39. The number of nitrogens with zero attached hydrogens (tertiary/aromatic N) is 1. The largest absolute Gasteiger partial charge is 0.243 e. The van der Waals surface area contributed by atoms with E-state index < -0.39 is 10.0 Å². The molecule has 2 rings (SSSR count). The molecule has 0 amide bonds. The summed E-state index contributed by atoms with van der Waals surface area (Å²) in [7, 11) is -3.38. The molecule has 0 aromatic heterocycles. The van der Waals surface area contributed by atoms with Gasteiger partial charge in [-0.05, 0) is 69.7 Å². The Morgan fingerprint density at radius 3 is 2.10 bits per heavy atom. The lowest BCUT2D eigenvalue weighted by atomic mass is 10.0. The predicted octanol–water partition coefficient (Wildman–Crippen LogP) is 3.48. The van der Waals surface area contributed by atoms with Crippen LogP contribution >= 0.6 is 0 Å². The zero-order valence-electron chi connectivity index (χ0n) is 13.2. The lowest BCUT2D eigenvalue weighted by Crippen LogP contribution is -2.42. The minimum Gasteiger partial charge on any atom is -0.207 e. The summed E-state index contributed by atoms with van der Waals surface area (Å²) >= 11 is 0. The standard InChI is InChI=1S/C16H25NO2S/c1-11-10-12(2)15(5)16(14(11)4)20(18,19)17-9-7-6-8-13(17)3/h10,13H,6-9H2,1-5H3. The Hall–Kier alpha value is -0.870. The van der Waals surface area contributed by atoms with E-state index >= 15 is 0 Å². The van der Waals surface area contributed by atoms with Crippen LogP contribution in [0.15, 0.2) is 11.0 Å². The molecule has 1 aromatic rings. The van der Waals surface area contributed by atoms with Crippen LogP contribution in [-0.2, 0) is 10.0 Å². The van der Waals surface area contributed by atoms with Crippen molar-refractivity contribution in [1.29, 1.82) is 0 Å². The molecule has 1 atom stereocenters. The second kappa shape index (κ2) is 5.49. The third-order valence-electron chi connectivity index (χ3n) is 4.61. The Bertz CT molecular complexity index is 594. The quantitative estimate of drug-likeness (QED) is 0.837. The molecule has 0 N–H and O–H groups in total. The van der Waals surface area contributed by atoms with Crippen molar-refractivity contribution in [2.75, 3.05) is 6.54 Å². The van der Waals surface area contributed by atoms with E-state index in [1.807, 2.05) is 34.6 Å². The summed E-state index contributed by atoms with van der Waals surface area (Å²) in [5, 5.41) is 0. The number of aryl methyl sites for hydroxylation is 2. The lowest BCUT2D eigenvalue weighted by molar-refractivity contribution is 0.268. The monoisotopic (exact) mass is 295 g/mol. The second-order valence-electron chi connectivity index (χ2n) is 6.05. The lowest BCUT2D eigenvalue weighted by Gasteiger charge is -2.33. The smallest absolute Gasteiger partial charge is 0.207 e. The van der Waals surface area contributed by atoms with Gasteiger partial charge in [-0.1, -0.05) is 12.5 Å². The van der Waals surface area contributed by atoms with Gasteiger partial charge in [0.05, 0.1) is 4.90 Å². The molecule has 1 heterocycles. The number of benzene rings is 1. The van der Waals surface area contributed by atoms with Crippen LogP contribution in [0.3, 0.4) is 0 Å². The highest BCUT2D eigenvalue weighted by molar-refractivity contribution is 7.89. The zero-order chi connectivity index (χ0) is 15.1. The van der Waals surface area contributed by atoms with Crippen molar-refractivity contribution in [3.63, 3.8) is 0 Å². The molecule has 0 spiro atoms. The van der Waals surface area contributed by atoms with Crippen LogP contribution in [0.1, 0.15) is 48.4 Å². The summed E-state index contributed by atoms with van der Waals surface area (Å²) in [4.78, 5) is 0.531.